The molecule has 0 aromatic heterocycles. The van der Waals surface area contributed by atoms with Crippen LogP contribution in [0.5, 0.6) is 0 Å². The fourth-order valence-electron chi connectivity index (χ4n) is 4.12. The lowest BCUT2D eigenvalue weighted by Gasteiger charge is -2.34. The lowest BCUT2D eigenvalue weighted by molar-refractivity contribution is -0.179. The Morgan fingerprint density at radius 2 is 0.953 bits per heavy atom. The first-order valence-corrected chi connectivity index (χ1v) is 13.4. The number of ether oxygens (including phenoxy) is 5. The summed E-state index contributed by atoms with van der Waals surface area (Å²) in [5, 5.41) is 0. The minimum atomic E-state index is -1.53. The Bertz CT molecular complexity index is 1590. The second-order valence-electron chi connectivity index (χ2n) is 9.30. The van der Waals surface area contributed by atoms with Gasteiger partial charge in [0.2, 0.25) is 0 Å². The Balaban J connectivity index is 1.44. The SMILES string of the molecule is O=C(OC[C@@H]1O[C@H](OC(=O)c2ccccc2)C(OC(=O)c2ccccc2)=C[C@H]1OC(=O)c1ccccc1)c1ccccc1. The minimum Gasteiger partial charge on any atom is -0.459 e. The average molecular weight is 579 g/mol. The van der Waals surface area contributed by atoms with Gasteiger partial charge in [-0.25, -0.2) is 19.2 Å². The zero-order chi connectivity index (χ0) is 30.0. The van der Waals surface area contributed by atoms with Crippen LogP contribution in [-0.2, 0) is 23.7 Å². The molecule has 0 spiro atoms. The predicted octanol–water partition coefficient (Wildman–Crippen LogP) is 5.39. The monoisotopic (exact) mass is 578 g/mol. The van der Waals surface area contributed by atoms with E-state index in [4.69, 9.17) is 23.7 Å². The van der Waals surface area contributed by atoms with Crippen LogP contribution in [-0.4, -0.2) is 49.0 Å². The van der Waals surface area contributed by atoms with Crippen molar-refractivity contribution in [3.05, 3.63) is 155 Å². The lowest BCUT2D eigenvalue weighted by atomic mass is 10.1. The molecule has 0 saturated heterocycles. The highest BCUT2D eigenvalue weighted by atomic mass is 16.7. The van der Waals surface area contributed by atoms with Gasteiger partial charge in [-0.15, -0.1) is 0 Å². The molecule has 1 heterocycles. The molecule has 0 unspecified atom stereocenters. The van der Waals surface area contributed by atoms with Gasteiger partial charge in [0.1, 0.15) is 12.7 Å². The van der Waals surface area contributed by atoms with Crippen LogP contribution >= 0.6 is 0 Å². The van der Waals surface area contributed by atoms with Gasteiger partial charge in [-0.05, 0) is 48.5 Å². The quantitative estimate of drug-likeness (QED) is 0.190. The number of benzene rings is 4. The molecule has 0 aliphatic carbocycles. The van der Waals surface area contributed by atoms with Crippen LogP contribution in [0.4, 0.5) is 0 Å². The van der Waals surface area contributed by atoms with Crippen molar-refractivity contribution in [2.75, 3.05) is 6.61 Å². The number of carbonyl (C=O) groups excluding carboxylic acids is 4. The Morgan fingerprint density at radius 1 is 0.535 bits per heavy atom. The molecule has 1 aliphatic rings. The smallest absolute Gasteiger partial charge is 0.343 e. The maximum absolute atomic E-state index is 13.0. The summed E-state index contributed by atoms with van der Waals surface area (Å²) < 4.78 is 28.4. The predicted molar refractivity (Wildman–Crippen MR) is 153 cm³/mol. The van der Waals surface area contributed by atoms with Crippen LogP contribution in [0.3, 0.4) is 0 Å². The van der Waals surface area contributed by atoms with Gasteiger partial charge in [0.05, 0.1) is 22.3 Å². The van der Waals surface area contributed by atoms with E-state index in [0.717, 1.165) is 0 Å². The molecule has 0 radical (unpaired) electrons. The molecule has 0 saturated carbocycles. The molecular formula is C34H26O9. The first-order valence-electron chi connectivity index (χ1n) is 13.4. The van der Waals surface area contributed by atoms with Gasteiger partial charge in [-0.1, -0.05) is 72.8 Å². The van der Waals surface area contributed by atoms with E-state index in [1.165, 1.54) is 6.08 Å². The summed E-state index contributed by atoms with van der Waals surface area (Å²) in [4.78, 5) is 51.7. The van der Waals surface area contributed by atoms with Gasteiger partial charge in [0.25, 0.3) is 6.29 Å². The molecule has 9 nitrogen and oxygen atoms in total. The Kier molecular flexibility index (Phi) is 9.35. The highest BCUT2D eigenvalue weighted by Crippen LogP contribution is 2.27. The van der Waals surface area contributed by atoms with Crippen molar-refractivity contribution in [3.63, 3.8) is 0 Å². The Labute approximate surface area is 247 Å². The van der Waals surface area contributed by atoms with E-state index in [2.05, 4.69) is 0 Å². The highest BCUT2D eigenvalue weighted by molar-refractivity contribution is 5.91. The molecule has 216 valence electrons. The van der Waals surface area contributed by atoms with Crippen molar-refractivity contribution in [2.45, 2.75) is 18.5 Å². The number of hydrogen-bond donors (Lipinski definition) is 0. The van der Waals surface area contributed by atoms with Crippen LogP contribution in [0.1, 0.15) is 41.4 Å². The zero-order valence-corrected chi connectivity index (χ0v) is 22.7. The topological polar surface area (TPSA) is 114 Å². The molecule has 3 atom stereocenters. The van der Waals surface area contributed by atoms with Crippen LogP contribution in [0, 0.1) is 0 Å². The summed E-state index contributed by atoms with van der Waals surface area (Å²) in [6.07, 6.45) is -2.54. The average Bonchev–Trinajstić information content (AvgIpc) is 3.06. The number of hydrogen-bond acceptors (Lipinski definition) is 9. The molecule has 0 amide bonds. The van der Waals surface area contributed by atoms with Crippen LogP contribution in [0.2, 0.25) is 0 Å². The van der Waals surface area contributed by atoms with E-state index in [-0.39, 0.29) is 29.1 Å². The van der Waals surface area contributed by atoms with Crippen LogP contribution in [0.25, 0.3) is 0 Å². The third kappa shape index (κ3) is 7.60. The maximum Gasteiger partial charge on any atom is 0.343 e. The molecule has 0 fully saturated rings. The van der Waals surface area contributed by atoms with Gasteiger partial charge in [0, 0.05) is 6.08 Å². The van der Waals surface area contributed by atoms with Crippen molar-refractivity contribution in [1.29, 1.82) is 0 Å². The van der Waals surface area contributed by atoms with Crippen molar-refractivity contribution < 1.29 is 42.9 Å². The van der Waals surface area contributed by atoms with Gasteiger partial charge >= 0.3 is 23.9 Å². The van der Waals surface area contributed by atoms with Crippen LogP contribution in [0.15, 0.2) is 133 Å². The van der Waals surface area contributed by atoms with Crippen molar-refractivity contribution in [1.82, 2.24) is 0 Å². The molecule has 43 heavy (non-hydrogen) atoms. The molecule has 1 aliphatic heterocycles. The maximum atomic E-state index is 13.0. The van der Waals surface area contributed by atoms with E-state index in [1.807, 2.05) is 0 Å². The number of rotatable bonds is 9. The normalized spacial score (nSPS) is 17.6. The first-order chi connectivity index (χ1) is 21.0. The van der Waals surface area contributed by atoms with E-state index >= 15 is 0 Å². The summed E-state index contributed by atoms with van der Waals surface area (Å²) in [5.74, 6) is -3.06. The number of esters is 4. The highest BCUT2D eigenvalue weighted by Gasteiger charge is 2.40. The molecule has 9 heteroatoms. The summed E-state index contributed by atoms with van der Waals surface area (Å²) in [6, 6.07) is 32.9. The van der Waals surface area contributed by atoms with E-state index in [9.17, 15) is 19.2 Å². The van der Waals surface area contributed by atoms with Crippen molar-refractivity contribution >= 4 is 23.9 Å². The summed E-state index contributed by atoms with van der Waals surface area (Å²) in [6.45, 7) is -0.379. The molecule has 0 N–H and O–H groups in total. The summed E-state index contributed by atoms with van der Waals surface area (Å²) in [7, 11) is 0. The van der Waals surface area contributed by atoms with Crippen molar-refractivity contribution in [2.24, 2.45) is 0 Å². The van der Waals surface area contributed by atoms with Crippen molar-refractivity contribution in [3.8, 4) is 0 Å². The van der Waals surface area contributed by atoms with E-state index < -0.39 is 42.4 Å². The summed E-state index contributed by atoms with van der Waals surface area (Å²) >= 11 is 0. The van der Waals surface area contributed by atoms with E-state index in [0.29, 0.717) is 5.56 Å². The molecule has 4 aromatic carbocycles. The molecular weight excluding hydrogens is 552 g/mol. The third-order valence-electron chi connectivity index (χ3n) is 6.31. The summed E-state index contributed by atoms with van der Waals surface area (Å²) in [5.41, 5.74) is 1.02. The molecule has 4 aromatic rings. The van der Waals surface area contributed by atoms with Gasteiger partial charge < -0.3 is 23.7 Å². The van der Waals surface area contributed by atoms with E-state index in [1.54, 1.807) is 121 Å². The van der Waals surface area contributed by atoms with Crippen LogP contribution < -0.4 is 0 Å². The first kappa shape index (κ1) is 29.0. The Morgan fingerprint density at radius 3 is 1.44 bits per heavy atom. The zero-order valence-electron chi connectivity index (χ0n) is 22.7. The standard InChI is InChI=1S/C34H26O9/c35-30(23-13-5-1-6-14-23)39-22-29-27(40-31(36)24-15-7-2-8-16-24)21-28(41-32(37)25-17-9-3-10-18-25)34(42-29)43-33(38)26-19-11-4-12-20-26/h1-21,27,29,34H,22H2/t27-,29+,34-/m1/s1. The largest absolute Gasteiger partial charge is 0.459 e. The number of carbonyl (C=O) groups is 4. The fraction of sp³-hybridized carbons (Fsp3) is 0.118. The van der Waals surface area contributed by atoms with Gasteiger partial charge in [-0.3, -0.25) is 0 Å². The van der Waals surface area contributed by atoms with Gasteiger partial charge in [-0.2, -0.15) is 0 Å². The second-order valence-corrected chi connectivity index (χ2v) is 9.30. The van der Waals surface area contributed by atoms with Gasteiger partial charge in [0.15, 0.2) is 11.9 Å². The second kappa shape index (κ2) is 13.9. The molecule has 5 rings (SSSR count). The lowest BCUT2D eigenvalue weighted by Crippen LogP contribution is -2.45. The third-order valence-corrected chi connectivity index (χ3v) is 6.31. The minimum absolute atomic E-state index is 0.213. The fourth-order valence-corrected chi connectivity index (χ4v) is 4.12. The Hall–Kier alpha value is -5.54. The molecule has 0 bridgehead atoms.